The number of nitrogens with zero attached hydrogens (tertiary/aromatic N) is 4. The largest absolute Gasteiger partial charge is 0.490 e. The molecule has 166 valence electrons. The van der Waals surface area contributed by atoms with Crippen LogP contribution in [0.15, 0.2) is 54.9 Å². The van der Waals surface area contributed by atoms with Gasteiger partial charge in [-0.2, -0.15) is 8.78 Å². The van der Waals surface area contributed by atoms with Crippen molar-refractivity contribution < 1.29 is 27.8 Å². The Balaban J connectivity index is 1.56. The van der Waals surface area contributed by atoms with Crippen molar-refractivity contribution in [1.82, 2.24) is 31.1 Å². The van der Waals surface area contributed by atoms with E-state index in [4.69, 9.17) is 4.74 Å². The molecule has 0 atom stereocenters. The summed E-state index contributed by atoms with van der Waals surface area (Å²) < 4.78 is 36.0. The highest BCUT2D eigenvalue weighted by molar-refractivity contribution is 5.98. The standard InChI is InChI=1S/C20H18F2N6O4/c1-2-31-17-11-13(3-9-16(17)32-20(21)22)4-10-18(29)24-25-19(30)14-5-7-15(8-6-14)28-12-23-26-27-28/h3-12,20H,2H2,1H3,(H,24,29)(H,25,30)/b10-4+. The highest BCUT2D eigenvalue weighted by atomic mass is 19.3. The van der Waals surface area contributed by atoms with E-state index in [2.05, 4.69) is 31.1 Å². The maximum Gasteiger partial charge on any atom is 0.387 e. The Labute approximate surface area is 180 Å². The third-order valence-corrected chi connectivity index (χ3v) is 3.95. The van der Waals surface area contributed by atoms with Gasteiger partial charge < -0.3 is 9.47 Å². The molecule has 0 aliphatic carbocycles. The lowest BCUT2D eigenvalue weighted by molar-refractivity contribution is -0.117. The average molecular weight is 444 g/mol. The lowest BCUT2D eigenvalue weighted by Crippen LogP contribution is -2.40. The van der Waals surface area contributed by atoms with Crippen molar-refractivity contribution in [3.8, 4) is 17.2 Å². The molecule has 2 N–H and O–H groups in total. The molecule has 0 saturated heterocycles. The number of amides is 2. The van der Waals surface area contributed by atoms with Gasteiger partial charge in [-0.3, -0.25) is 20.4 Å². The van der Waals surface area contributed by atoms with E-state index >= 15 is 0 Å². The van der Waals surface area contributed by atoms with Crippen molar-refractivity contribution in [3.63, 3.8) is 0 Å². The van der Waals surface area contributed by atoms with Gasteiger partial charge in [0.15, 0.2) is 11.5 Å². The molecule has 0 aliphatic heterocycles. The van der Waals surface area contributed by atoms with Crippen LogP contribution in [-0.4, -0.2) is 45.2 Å². The van der Waals surface area contributed by atoms with Crippen LogP contribution >= 0.6 is 0 Å². The normalized spacial score (nSPS) is 10.9. The molecule has 0 radical (unpaired) electrons. The Morgan fingerprint density at radius 3 is 2.56 bits per heavy atom. The monoisotopic (exact) mass is 444 g/mol. The quantitative estimate of drug-likeness (QED) is 0.403. The molecule has 3 rings (SSSR count). The van der Waals surface area contributed by atoms with Gasteiger partial charge in [-0.1, -0.05) is 6.07 Å². The lowest BCUT2D eigenvalue weighted by atomic mass is 10.2. The van der Waals surface area contributed by atoms with Gasteiger partial charge in [0.05, 0.1) is 12.3 Å². The fourth-order valence-electron chi connectivity index (χ4n) is 2.54. The van der Waals surface area contributed by atoms with Crippen LogP contribution in [0.2, 0.25) is 0 Å². The summed E-state index contributed by atoms with van der Waals surface area (Å²) in [5.74, 6) is -1.12. The molecule has 0 aliphatic rings. The smallest absolute Gasteiger partial charge is 0.387 e. The summed E-state index contributed by atoms with van der Waals surface area (Å²) in [5.41, 5.74) is 6.02. The molecular weight excluding hydrogens is 426 g/mol. The first-order valence-corrected chi connectivity index (χ1v) is 9.29. The Hall–Kier alpha value is -4.35. The summed E-state index contributed by atoms with van der Waals surface area (Å²) in [7, 11) is 0. The molecule has 0 spiro atoms. The van der Waals surface area contributed by atoms with Crippen molar-refractivity contribution in [2.75, 3.05) is 6.61 Å². The second-order valence-electron chi connectivity index (χ2n) is 6.10. The van der Waals surface area contributed by atoms with Crippen LogP contribution in [0.4, 0.5) is 8.78 Å². The molecule has 0 bridgehead atoms. The average Bonchev–Trinajstić information content (AvgIpc) is 3.32. The van der Waals surface area contributed by atoms with Crippen molar-refractivity contribution >= 4 is 17.9 Å². The molecular formula is C20H18F2N6O4. The Morgan fingerprint density at radius 1 is 1.12 bits per heavy atom. The fraction of sp³-hybridized carbons (Fsp3) is 0.150. The number of carbonyl (C=O) groups is 2. The van der Waals surface area contributed by atoms with Gasteiger partial charge in [-0.15, -0.1) is 5.10 Å². The summed E-state index contributed by atoms with van der Waals surface area (Å²) in [6, 6.07) is 10.6. The van der Waals surface area contributed by atoms with E-state index in [1.807, 2.05) is 0 Å². The van der Waals surface area contributed by atoms with Gasteiger partial charge in [0.2, 0.25) is 0 Å². The third kappa shape index (κ3) is 6.08. The molecule has 12 heteroatoms. The van der Waals surface area contributed by atoms with Crippen molar-refractivity contribution in [3.05, 3.63) is 66.0 Å². The molecule has 32 heavy (non-hydrogen) atoms. The molecule has 10 nitrogen and oxygen atoms in total. The van der Waals surface area contributed by atoms with E-state index in [1.54, 1.807) is 31.2 Å². The lowest BCUT2D eigenvalue weighted by Gasteiger charge is -2.11. The Bertz CT molecular complexity index is 1090. The summed E-state index contributed by atoms with van der Waals surface area (Å²) in [5, 5.41) is 10.8. The van der Waals surface area contributed by atoms with Gasteiger partial charge in [0, 0.05) is 11.6 Å². The first kappa shape index (κ1) is 22.3. The number of alkyl halides is 2. The van der Waals surface area contributed by atoms with Crippen LogP contribution in [-0.2, 0) is 4.79 Å². The molecule has 1 heterocycles. The van der Waals surface area contributed by atoms with Gasteiger partial charge >= 0.3 is 6.61 Å². The number of carbonyl (C=O) groups excluding carboxylic acids is 2. The Morgan fingerprint density at radius 2 is 1.91 bits per heavy atom. The van der Waals surface area contributed by atoms with Crippen molar-refractivity contribution in [1.29, 1.82) is 0 Å². The van der Waals surface area contributed by atoms with Gasteiger partial charge in [-0.25, -0.2) is 4.68 Å². The summed E-state index contributed by atoms with van der Waals surface area (Å²) in [6.45, 7) is -1.04. The minimum atomic E-state index is -2.99. The SMILES string of the molecule is CCOc1cc(/C=C/C(=O)NNC(=O)c2ccc(-n3cnnn3)cc2)ccc1OC(F)F. The van der Waals surface area contributed by atoms with Crippen LogP contribution in [0.1, 0.15) is 22.8 Å². The van der Waals surface area contributed by atoms with Gasteiger partial charge in [-0.05, 0) is 65.4 Å². The summed E-state index contributed by atoms with van der Waals surface area (Å²) >= 11 is 0. The van der Waals surface area contributed by atoms with Gasteiger partial charge in [0.25, 0.3) is 11.8 Å². The van der Waals surface area contributed by atoms with E-state index in [9.17, 15) is 18.4 Å². The summed E-state index contributed by atoms with van der Waals surface area (Å²) in [4.78, 5) is 24.2. The minimum absolute atomic E-state index is 0.109. The van der Waals surface area contributed by atoms with Crippen molar-refractivity contribution in [2.24, 2.45) is 0 Å². The van der Waals surface area contributed by atoms with Crippen LogP contribution < -0.4 is 20.3 Å². The van der Waals surface area contributed by atoms with Crippen LogP contribution in [0.5, 0.6) is 11.5 Å². The third-order valence-electron chi connectivity index (χ3n) is 3.95. The predicted molar refractivity (Wildman–Crippen MR) is 108 cm³/mol. The number of hydrogen-bond acceptors (Lipinski definition) is 7. The van der Waals surface area contributed by atoms with Crippen LogP contribution in [0.3, 0.4) is 0 Å². The first-order chi connectivity index (χ1) is 15.5. The van der Waals surface area contributed by atoms with Crippen molar-refractivity contribution in [2.45, 2.75) is 13.5 Å². The van der Waals surface area contributed by atoms with Crippen LogP contribution in [0, 0.1) is 0 Å². The Kier molecular flexibility index (Phi) is 7.41. The minimum Gasteiger partial charge on any atom is -0.490 e. The second kappa shape index (κ2) is 10.6. The van der Waals surface area contributed by atoms with E-state index in [0.29, 0.717) is 16.8 Å². The van der Waals surface area contributed by atoms with Crippen LogP contribution in [0.25, 0.3) is 11.8 Å². The van der Waals surface area contributed by atoms with E-state index < -0.39 is 18.4 Å². The number of halogens is 2. The first-order valence-electron chi connectivity index (χ1n) is 9.29. The molecule has 0 fully saturated rings. The number of rotatable bonds is 8. The number of tetrazole rings is 1. The highest BCUT2D eigenvalue weighted by Crippen LogP contribution is 2.30. The number of benzene rings is 2. The van der Waals surface area contributed by atoms with E-state index in [1.165, 1.54) is 41.4 Å². The molecule has 1 aromatic heterocycles. The molecule has 0 saturated carbocycles. The fourth-order valence-corrected chi connectivity index (χ4v) is 2.54. The molecule has 2 amide bonds. The number of aromatic nitrogens is 4. The predicted octanol–water partition coefficient (Wildman–Crippen LogP) is 2.14. The topological polar surface area (TPSA) is 120 Å². The number of hydrogen-bond donors (Lipinski definition) is 2. The van der Waals surface area contributed by atoms with E-state index in [0.717, 1.165) is 0 Å². The molecule has 3 aromatic rings. The highest BCUT2D eigenvalue weighted by Gasteiger charge is 2.11. The zero-order valence-corrected chi connectivity index (χ0v) is 16.7. The maximum absolute atomic E-state index is 12.5. The summed E-state index contributed by atoms with van der Waals surface area (Å²) in [6.07, 6.45) is 4.01. The number of hydrazine groups is 1. The molecule has 2 aromatic carbocycles. The zero-order chi connectivity index (χ0) is 22.9. The maximum atomic E-state index is 12.5. The zero-order valence-electron chi connectivity index (χ0n) is 16.7. The van der Waals surface area contributed by atoms with E-state index in [-0.39, 0.29) is 18.1 Å². The second-order valence-corrected chi connectivity index (χ2v) is 6.10. The number of nitrogens with one attached hydrogen (secondary N) is 2. The molecule has 0 unspecified atom stereocenters. The number of ether oxygens (including phenoxy) is 2. The van der Waals surface area contributed by atoms with Gasteiger partial charge in [0.1, 0.15) is 6.33 Å².